The van der Waals surface area contributed by atoms with E-state index in [-0.39, 0.29) is 0 Å². The van der Waals surface area contributed by atoms with E-state index in [2.05, 4.69) is 34.6 Å². The second-order valence-electron chi connectivity index (χ2n) is 10.1. The number of rotatable bonds is 0. The molecule has 0 N–H and O–H groups in total. The lowest BCUT2D eigenvalue weighted by atomic mass is 9.63. The van der Waals surface area contributed by atoms with Gasteiger partial charge in [0.2, 0.25) is 0 Å². The molecule has 4 aliphatic carbocycles. The highest BCUT2D eigenvalue weighted by molar-refractivity contribution is 5.15. The summed E-state index contributed by atoms with van der Waals surface area (Å²) in [5.41, 5.74) is 1.42. The highest BCUT2D eigenvalue weighted by atomic mass is 14.7. The normalized spacial score (nSPS) is 60.1. The molecule has 8 atom stereocenters. The van der Waals surface area contributed by atoms with Crippen molar-refractivity contribution >= 4 is 0 Å². The van der Waals surface area contributed by atoms with Crippen LogP contribution in [0, 0.1) is 52.3 Å². The predicted molar refractivity (Wildman–Crippen MR) is 85.4 cm³/mol. The monoisotopic (exact) mass is 274 g/mol. The van der Waals surface area contributed by atoms with Crippen LogP contribution in [-0.4, -0.2) is 0 Å². The molecule has 0 nitrogen and oxygen atoms in total. The molecule has 4 rings (SSSR count). The number of hydrogen-bond acceptors (Lipinski definition) is 0. The molecule has 0 aliphatic heterocycles. The third-order valence-corrected chi connectivity index (χ3v) is 8.50. The Morgan fingerprint density at radius 3 is 2.25 bits per heavy atom. The first-order chi connectivity index (χ1) is 9.34. The fourth-order valence-electron chi connectivity index (χ4n) is 7.74. The van der Waals surface area contributed by atoms with E-state index in [0.29, 0.717) is 5.41 Å². The van der Waals surface area contributed by atoms with E-state index in [1.807, 2.05) is 0 Å². The summed E-state index contributed by atoms with van der Waals surface area (Å²) >= 11 is 0. The first-order valence-corrected chi connectivity index (χ1v) is 9.34. The van der Waals surface area contributed by atoms with Gasteiger partial charge in [-0.15, -0.1) is 0 Å². The van der Waals surface area contributed by atoms with Crippen LogP contribution in [0.15, 0.2) is 0 Å². The Kier molecular flexibility index (Phi) is 2.76. The summed E-state index contributed by atoms with van der Waals surface area (Å²) in [5, 5.41) is 0. The van der Waals surface area contributed by atoms with E-state index < -0.39 is 0 Å². The Hall–Kier alpha value is 0. The van der Waals surface area contributed by atoms with Gasteiger partial charge in [0.15, 0.2) is 0 Å². The molecule has 0 heteroatoms. The topological polar surface area (TPSA) is 0 Å². The van der Waals surface area contributed by atoms with Gasteiger partial charge in [-0.1, -0.05) is 34.6 Å². The zero-order valence-corrected chi connectivity index (χ0v) is 14.3. The van der Waals surface area contributed by atoms with Crippen LogP contribution in [0.25, 0.3) is 0 Å². The zero-order chi connectivity index (χ0) is 14.3. The van der Waals surface area contributed by atoms with Crippen molar-refractivity contribution in [3.8, 4) is 0 Å². The van der Waals surface area contributed by atoms with E-state index in [1.165, 1.54) is 0 Å². The second kappa shape index (κ2) is 4.05. The molecule has 2 bridgehead atoms. The Morgan fingerprint density at radius 1 is 0.800 bits per heavy atom. The maximum absolute atomic E-state index is 2.63. The van der Waals surface area contributed by atoms with Crippen molar-refractivity contribution in [3.63, 3.8) is 0 Å². The fraction of sp³-hybridized carbons (Fsp3) is 1.00. The van der Waals surface area contributed by atoms with Crippen LogP contribution >= 0.6 is 0 Å². The molecule has 1 spiro atoms. The van der Waals surface area contributed by atoms with Gasteiger partial charge in [0.1, 0.15) is 0 Å². The van der Waals surface area contributed by atoms with Crippen molar-refractivity contribution in [2.24, 2.45) is 52.3 Å². The lowest BCUT2D eigenvalue weighted by molar-refractivity contribution is 0.0737. The van der Waals surface area contributed by atoms with Crippen LogP contribution in [0.1, 0.15) is 73.1 Å². The molecule has 114 valence electrons. The van der Waals surface area contributed by atoms with Gasteiger partial charge in [0.05, 0.1) is 0 Å². The molecule has 4 aliphatic rings. The minimum Gasteiger partial charge on any atom is -0.0625 e. The second-order valence-corrected chi connectivity index (χ2v) is 10.1. The smallest absolute Gasteiger partial charge is 0.0238 e. The van der Waals surface area contributed by atoms with Crippen molar-refractivity contribution in [2.75, 3.05) is 0 Å². The predicted octanol–water partition coefficient (Wildman–Crippen LogP) is 5.77. The molecule has 0 radical (unpaired) electrons. The molecule has 0 aromatic rings. The van der Waals surface area contributed by atoms with Gasteiger partial charge in [0, 0.05) is 0 Å². The summed E-state index contributed by atoms with van der Waals surface area (Å²) in [6, 6.07) is 0. The van der Waals surface area contributed by atoms with Crippen LogP contribution in [0.2, 0.25) is 0 Å². The van der Waals surface area contributed by atoms with E-state index in [1.54, 1.807) is 38.5 Å². The van der Waals surface area contributed by atoms with Gasteiger partial charge in [-0.2, -0.15) is 0 Å². The summed E-state index contributed by atoms with van der Waals surface area (Å²) in [6.45, 7) is 12.9. The third-order valence-electron chi connectivity index (χ3n) is 8.50. The molecule has 0 aromatic carbocycles. The van der Waals surface area contributed by atoms with Gasteiger partial charge in [-0.05, 0) is 90.8 Å². The molecular weight excluding hydrogens is 240 g/mol. The maximum atomic E-state index is 2.63. The molecule has 4 fully saturated rings. The molecule has 4 saturated carbocycles. The van der Waals surface area contributed by atoms with Crippen LogP contribution in [0.4, 0.5) is 0 Å². The van der Waals surface area contributed by atoms with Crippen molar-refractivity contribution in [1.29, 1.82) is 0 Å². The Morgan fingerprint density at radius 2 is 1.50 bits per heavy atom. The zero-order valence-electron chi connectivity index (χ0n) is 14.3. The molecule has 0 heterocycles. The summed E-state index contributed by atoms with van der Waals surface area (Å²) in [4.78, 5) is 0. The molecule has 0 saturated heterocycles. The quantitative estimate of drug-likeness (QED) is 0.526. The van der Waals surface area contributed by atoms with Crippen molar-refractivity contribution in [3.05, 3.63) is 0 Å². The highest BCUT2D eigenvalue weighted by Crippen LogP contribution is 2.73. The summed E-state index contributed by atoms with van der Waals surface area (Å²) in [7, 11) is 0. The van der Waals surface area contributed by atoms with Crippen molar-refractivity contribution in [2.45, 2.75) is 73.1 Å². The molecule has 0 amide bonds. The SMILES string of the molecule is C[C@@H]1C[C@@H]2C[C@]3(C[C@H](C)C[C@H]3C1)[C@H](C)C[C@@H]1[C@H]2C1(C)C. The lowest BCUT2D eigenvalue weighted by Gasteiger charge is -2.42. The highest BCUT2D eigenvalue weighted by Gasteiger charge is 2.66. The summed E-state index contributed by atoms with van der Waals surface area (Å²) in [6.07, 6.45) is 9.33. The molecule has 20 heavy (non-hydrogen) atoms. The van der Waals surface area contributed by atoms with Gasteiger partial charge < -0.3 is 0 Å². The van der Waals surface area contributed by atoms with Crippen LogP contribution in [0.5, 0.6) is 0 Å². The van der Waals surface area contributed by atoms with E-state index in [0.717, 1.165) is 46.8 Å². The third kappa shape index (κ3) is 1.66. The van der Waals surface area contributed by atoms with Crippen LogP contribution in [-0.2, 0) is 0 Å². The average molecular weight is 274 g/mol. The minimum absolute atomic E-state index is 0.671. The number of hydrogen-bond donors (Lipinski definition) is 0. The fourth-order valence-corrected chi connectivity index (χ4v) is 7.74. The van der Waals surface area contributed by atoms with Gasteiger partial charge in [-0.3, -0.25) is 0 Å². The largest absolute Gasteiger partial charge is 0.0625 e. The van der Waals surface area contributed by atoms with E-state index in [4.69, 9.17) is 0 Å². The van der Waals surface area contributed by atoms with Gasteiger partial charge in [0.25, 0.3) is 0 Å². The van der Waals surface area contributed by atoms with Crippen molar-refractivity contribution < 1.29 is 0 Å². The average Bonchev–Trinajstić information content (AvgIpc) is 2.80. The summed E-state index contributed by atoms with van der Waals surface area (Å²) < 4.78 is 0. The first kappa shape index (κ1) is 13.6. The van der Waals surface area contributed by atoms with E-state index >= 15 is 0 Å². The van der Waals surface area contributed by atoms with Gasteiger partial charge >= 0.3 is 0 Å². The molecule has 0 aromatic heterocycles. The van der Waals surface area contributed by atoms with Crippen LogP contribution < -0.4 is 0 Å². The minimum atomic E-state index is 0.671. The molecule has 0 unspecified atom stereocenters. The Balaban J connectivity index is 1.73. The van der Waals surface area contributed by atoms with Crippen LogP contribution in [0.3, 0.4) is 0 Å². The summed E-state index contributed by atoms with van der Waals surface area (Å²) in [5.74, 6) is 7.22. The maximum Gasteiger partial charge on any atom is -0.0238 e. The first-order valence-electron chi connectivity index (χ1n) is 9.34. The van der Waals surface area contributed by atoms with Crippen molar-refractivity contribution in [1.82, 2.24) is 0 Å². The number of fused-ring (bicyclic) bond motifs is 3. The standard InChI is InChI=1S/C20H34/c1-12-6-15-11-20(10-13(2)8-16(20)7-12)14(3)9-17-18(15)19(17,4)5/h12-18H,6-11H2,1-5H3/t12-,13-,14-,15-,16-,17-,18+,20-/m1/s1. The Bertz CT molecular complexity index is 408. The lowest BCUT2D eigenvalue weighted by Crippen LogP contribution is -2.34. The Labute approximate surface area is 126 Å². The van der Waals surface area contributed by atoms with Gasteiger partial charge in [-0.25, -0.2) is 0 Å². The molecular formula is C20H34. The van der Waals surface area contributed by atoms with E-state index in [9.17, 15) is 0 Å².